The summed E-state index contributed by atoms with van der Waals surface area (Å²) in [7, 11) is 1.76. The van der Waals surface area contributed by atoms with Gasteiger partial charge in [0, 0.05) is 31.8 Å². The lowest BCUT2D eigenvalue weighted by Gasteiger charge is -2.28. The molecule has 2 unspecified atom stereocenters. The van der Waals surface area contributed by atoms with Crippen LogP contribution in [0.1, 0.15) is 67.2 Å². The zero-order valence-corrected chi connectivity index (χ0v) is 19.1. The van der Waals surface area contributed by atoms with Crippen LogP contribution in [0.3, 0.4) is 0 Å². The molecule has 0 radical (unpaired) electrons. The van der Waals surface area contributed by atoms with Gasteiger partial charge in [0.2, 0.25) is 0 Å². The van der Waals surface area contributed by atoms with Gasteiger partial charge < -0.3 is 14.2 Å². The third kappa shape index (κ3) is 10.2. The highest BCUT2D eigenvalue weighted by Crippen LogP contribution is 2.20. The lowest BCUT2D eigenvalue weighted by Crippen LogP contribution is -2.38. The van der Waals surface area contributed by atoms with Crippen LogP contribution in [0.4, 0.5) is 0 Å². The molecule has 2 fully saturated rings. The van der Waals surface area contributed by atoms with Gasteiger partial charge in [-0.2, -0.15) is 0 Å². The maximum Gasteiger partial charge on any atom is 0.0625 e. The summed E-state index contributed by atoms with van der Waals surface area (Å²) in [6.07, 6.45) is 5.94. The SMILES string of the molecule is CC(C)OCC1CCCN1C(C)C.COCCN1CCCC1COC(C)C. The van der Waals surface area contributed by atoms with E-state index in [0.29, 0.717) is 30.3 Å². The van der Waals surface area contributed by atoms with Gasteiger partial charge in [-0.1, -0.05) is 0 Å². The fourth-order valence-electron chi connectivity index (χ4n) is 3.91. The second-order valence-electron chi connectivity index (χ2n) is 8.72. The van der Waals surface area contributed by atoms with Crippen molar-refractivity contribution in [1.29, 1.82) is 0 Å². The zero-order valence-electron chi connectivity index (χ0n) is 19.1. The van der Waals surface area contributed by atoms with Crippen molar-refractivity contribution in [3.8, 4) is 0 Å². The minimum atomic E-state index is 0.347. The molecule has 2 aliphatic rings. The van der Waals surface area contributed by atoms with Crippen LogP contribution in [0.25, 0.3) is 0 Å². The molecule has 0 aromatic rings. The Morgan fingerprint density at radius 3 is 1.93 bits per heavy atom. The number of rotatable bonds is 10. The van der Waals surface area contributed by atoms with E-state index < -0.39 is 0 Å². The normalized spacial score (nSPS) is 24.2. The van der Waals surface area contributed by atoms with E-state index >= 15 is 0 Å². The Labute approximate surface area is 168 Å². The minimum Gasteiger partial charge on any atom is -0.383 e. The molecule has 0 spiro atoms. The molecule has 0 aliphatic carbocycles. The third-order valence-electron chi connectivity index (χ3n) is 5.41. The smallest absolute Gasteiger partial charge is 0.0625 e. The van der Waals surface area contributed by atoms with Crippen molar-refractivity contribution >= 4 is 0 Å². The first-order valence-corrected chi connectivity index (χ1v) is 11.1. The largest absolute Gasteiger partial charge is 0.383 e. The molecule has 27 heavy (non-hydrogen) atoms. The average Bonchev–Trinajstić information content (AvgIpc) is 3.25. The van der Waals surface area contributed by atoms with Gasteiger partial charge >= 0.3 is 0 Å². The Balaban J connectivity index is 0.000000271. The van der Waals surface area contributed by atoms with E-state index in [1.807, 2.05) is 0 Å². The summed E-state index contributed by atoms with van der Waals surface area (Å²) < 4.78 is 16.4. The molecular formula is C22H46N2O3. The van der Waals surface area contributed by atoms with Crippen molar-refractivity contribution in [3.05, 3.63) is 0 Å². The molecule has 2 heterocycles. The van der Waals surface area contributed by atoms with Gasteiger partial charge in [-0.25, -0.2) is 0 Å². The Morgan fingerprint density at radius 1 is 0.815 bits per heavy atom. The maximum absolute atomic E-state index is 5.66. The van der Waals surface area contributed by atoms with Gasteiger partial charge in [0.25, 0.3) is 0 Å². The summed E-state index contributed by atoms with van der Waals surface area (Å²) >= 11 is 0. The van der Waals surface area contributed by atoms with Crippen molar-refractivity contribution in [2.24, 2.45) is 0 Å². The molecule has 2 saturated heterocycles. The maximum atomic E-state index is 5.66. The van der Waals surface area contributed by atoms with Crippen LogP contribution in [0.5, 0.6) is 0 Å². The number of hydrogen-bond donors (Lipinski definition) is 0. The highest BCUT2D eigenvalue weighted by molar-refractivity contribution is 4.81. The standard InChI is InChI=1S/C11H23NO2.C11H23NO/c1-10(2)14-9-11-5-4-6-12(11)7-8-13-3;1-9(2)12-7-5-6-11(12)8-13-10(3)4/h10-11H,4-9H2,1-3H3;9-11H,5-8H2,1-4H3. The molecule has 162 valence electrons. The van der Waals surface area contributed by atoms with Gasteiger partial charge in [-0.3, -0.25) is 9.80 Å². The zero-order chi connectivity index (χ0) is 20.2. The fraction of sp³-hybridized carbons (Fsp3) is 1.00. The van der Waals surface area contributed by atoms with Gasteiger partial charge in [0.15, 0.2) is 0 Å². The number of nitrogens with zero attached hydrogens (tertiary/aromatic N) is 2. The van der Waals surface area contributed by atoms with Crippen LogP contribution in [-0.2, 0) is 14.2 Å². The summed E-state index contributed by atoms with van der Waals surface area (Å²) in [6.45, 7) is 19.1. The molecule has 0 N–H and O–H groups in total. The molecule has 0 aromatic heterocycles. The first-order chi connectivity index (χ1) is 12.8. The molecule has 5 heteroatoms. The molecule has 0 amide bonds. The first kappa shape index (κ1) is 24.8. The molecule has 2 atom stereocenters. The van der Waals surface area contributed by atoms with E-state index in [-0.39, 0.29) is 0 Å². The summed E-state index contributed by atoms with van der Waals surface area (Å²) in [5.41, 5.74) is 0. The van der Waals surface area contributed by atoms with Crippen LogP contribution in [0.2, 0.25) is 0 Å². The monoisotopic (exact) mass is 386 g/mol. The van der Waals surface area contributed by atoms with E-state index in [0.717, 1.165) is 26.4 Å². The summed E-state index contributed by atoms with van der Waals surface area (Å²) in [5.74, 6) is 0. The first-order valence-electron chi connectivity index (χ1n) is 11.1. The third-order valence-corrected chi connectivity index (χ3v) is 5.41. The predicted molar refractivity (Wildman–Crippen MR) is 114 cm³/mol. The van der Waals surface area contributed by atoms with E-state index in [1.54, 1.807) is 7.11 Å². The van der Waals surface area contributed by atoms with Gasteiger partial charge in [0.05, 0.1) is 32.0 Å². The molecule has 0 aromatic carbocycles. The second kappa shape index (κ2) is 13.9. The summed E-state index contributed by atoms with van der Waals surface area (Å²) in [6, 6.07) is 1.96. The van der Waals surface area contributed by atoms with E-state index in [9.17, 15) is 0 Å². The van der Waals surface area contributed by atoms with Crippen molar-refractivity contribution in [3.63, 3.8) is 0 Å². The molecule has 0 saturated carbocycles. The average molecular weight is 387 g/mol. The molecule has 5 nitrogen and oxygen atoms in total. The molecular weight excluding hydrogens is 340 g/mol. The van der Waals surface area contributed by atoms with Crippen molar-refractivity contribution in [2.45, 2.75) is 97.6 Å². The topological polar surface area (TPSA) is 34.2 Å². The highest BCUT2D eigenvalue weighted by Gasteiger charge is 2.26. The number of hydrogen-bond acceptors (Lipinski definition) is 5. The van der Waals surface area contributed by atoms with Crippen molar-refractivity contribution < 1.29 is 14.2 Å². The molecule has 2 rings (SSSR count). The van der Waals surface area contributed by atoms with Gasteiger partial charge in [-0.15, -0.1) is 0 Å². The Kier molecular flexibility index (Phi) is 12.8. The number of ether oxygens (including phenoxy) is 3. The Morgan fingerprint density at radius 2 is 1.37 bits per heavy atom. The van der Waals surface area contributed by atoms with E-state index in [4.69, 9.17) is 14.2 Å². The molecule has 2 aliphatic heterocycles. The lowest BCUT2D eigenvalue weighted by molar-refractivity contribution is 0.0299. The highest BCUT2D eigenvalue weighted by atomic mass is 16.5. The quantitative estimate of drug-likeness (QED) is 0.570. The van der Waals surface area contributed by atoms with Gasteiger partial charge in [-0.05, 0) is 80.3 Å². The predicted octanol–water partition coefficient (Wildman–Crippen LogP) is 3.81. The van der Waals surface area contributed by atoms with Crippen LogP contribution < -0.4 is 0 Å². The van der Waals surface area contributed by atoms with E-state index in [2.05, 4.69) is 51.3 Å². The number of methoxy groups -OCH3 is 1. The second-order valence-corrected chi connectivity index (χ2v) is 8.72. The van der Waals surface area contributed by atoms with Crippen LogP contribution >= 0.6 is 0 Å². The van der Waals surface area contributed by atoms with Crippen molar-refractivity contribution in [1.82, 2.24) is 9.80 Å². The van der Waals surface area contributed by atoms with Gasteiger partial charge in [0.1, 0.15) is 0 Å². The molecule has 0 bridgehead atoms. The van der Waals surface area contributed by atoms with Crippen LogP contribution in [0, 0.1) is 0 Å². The summed E-state index contributed by atoms with van der Waals surface area (Å²) in [4.78, 5) is 5.04. The van der Waals surface area contributed by atoms with Crippen LogP contribution in [0.15, 0.2) is 0 Å². The fourth-order valence-corrected chi connectivity index (χ4v) is 3.91. The van der Waals surface area contributed by atoms with E-state index in [1.165, 1.54) is 38.8 Å². The number of likely N-dealkylation sites (tertiary alicyclic amines) is 2. The van der Waals surface area contributed by atoms with Crippen molar-refractivity contribution in [2.75, 3.05) is 46.6 Å². The lowest BCUT2D eigenvalue weighted by atomic mass is 10.2. The summed E-state index contributed by atoms with van der Waals surface area (Å²) in [5, 5.41) is 0. The minimum absolute atomic E-state index is 0.347. The Hall–Kier alpha value is -0.200. The Bertz CT molecular complexity index is 363. The van der Waals surface area contributed by atoms with Crippen LogP contribution in [-0.4, -0.2) is 86.7 Å².